The molecule has 1 rings (SSSR count). The third kappa shape index (κ3) is 2.90. The Morgan fingerprint density at radius 2 is 2.00 bits per heavy atom. The number of aromatic nitrogens is 2. The number of nitrogens with zero attached hydrogens (tertiary/aromatic N) is 2. The molecule has 0 bridgehead atoms. The smallest absolute Gasteiger partial charge is 0.231 e. The quantitative estimate of drug-likeness (QED) is 0.845. The van der Waals surface area contributed by atoms with Crippen molar-refractivity contribution in [3.8, 4) is 0 Å². The number of hydrogen-bond acceptors (Lipinski definition) is 5. The van der Waals surface area contributed by atoms with Crippen molar-refractivity contribution in [2.75, 3.05) is 7.11 Å². The Bertz CT molecular complexity index is 362. The first-order chi connectivity index (χ1) is 8.35. The summed E-state index contributed by atoms with van der Waals surface area (Å²) < 4.78 is 10.8. The highest BCUT2D eigenvalue weighted by Gasteiger charge is 2.33. The summed E-state index contributed by atoms with van der Waals surface area (Å²) in [4.78, 5) is 4.48. The molecule has 0 saturated carbocycles. The standard InChI is InChI=1S/C13H25N3O2/c1-7-13(5,17-6)12-15-11(18-16-12)10(8(2)3)9(4)14/h8-10H,7,14H2,1-6H3. The molecule has 18 heavy (non-hydrogen) atoms. The topological polar surface area (TPSA) is 74.2 Å². The maximum atomic E-state index is 5.99. The van der Waals surface area contributed by atoms with E-state index in [0.717, 1.165) is 6.42 Å². The van der Waals surface area contributed by atoms with E-state index in [1.807, 2.05) is 20.8 Å². The molecule has 0 aliphatic heterocycles. The van der Waals surface area contributed by atoms with Gasteiger partial charge in [-0.15, -0.1) is 0 Å². The Labute approximate surface area is 109 Å². The average molecular weight is 255 g/mol. The second-order valence-corrected chi connectivity index (χ2v) is 5.37. The van der Waals surface area contributed by atoms with Crippen molar-refractivity contribution < 1.29 is 9.26 Å². The molecule has 1 aromatic heterocycles. The van der Waals surface area contributed by atoms with Crippen molar-refractivity contribution >= 4 is 0 Å². The molecule has 0 amide bonds. The van der Waals surface area contributed by atoms with Crippen LogP contribution in [-0.4, -0.2) is 23.3 Å². The fourth-order valence-electron chi connectivity index (χ4n) is 2.10. The first-order valence-electron chi connectivity index (χ1n) is 6.50. The summed E-state index contributed by atoms with van der Waals surface area (Å²) in [7, 11) is 1.66. The van der Waals surface area contributed by atoms with Crippen molar-refractivity contribution in [3.63, 3.8) is 0 Å². The largest absolute Gasteiger partial charge is 0.370 e. The van der Waals surface area contributed by atoms with E-state index in [9.17, 15) is 0 Å². The van der Waals surface area contributed by atoms with Gasteiger partial charge in [0.25, 0.3) is 0 Å². The summed E-state index contributed by atoms with van der Waals surface area (Å²) in [6.07, 6.45) is 0.785. The molecule has 0 fully saturated rings. The van der Waals surface area contributed by atoms with E-state index in [4.69, 9.17) is 15.0 Å². The monoisotopic (exact) mass is 255 g/mol. The zero-order valence-corrected chi connectivity index (χ0v) is 12.2. The fourth-order valence-corrected chi connectivity index (χ4v) is 2.10. The SMILES string of the molecule is CCC(C)(OC)c1noc(C(C(C)C)C(C)N)n1. The lowest BCUT2D eigenvalue weighted by Crippen LogP contribution is -2.29. The molecule has 0 aromatic carbocycles. The van der Waals surface area contributed by atoms with Gasteiger partial charge in [0.2, 0.25) is 11.7 Å². The minimum Gasteiger partial charge on any atom is -0.370 e. The zero-order chi connectivity index (χ0) is 13.9. The van der Waals surface area contributed by atoms with E-state index < -0.39 is 5.60 Å². The lowest BCUT2D eigenvalue weighted by molar-refractivity contribution is -0.0106. The molecule has 2 N–H and O–H groups in total. The predicted octanol–water partition coefficient (Wildman–Crippen LogP) is 2.43. The van der Waals surface area contributed by atoms with Crippen molar-refractivity contribution in [1.29, 1.82) is 0 Å². The molecule has 3 atom stereocenters. The zero-order valence-electron chi connectivity index (χ0n) is 12.2. The fraction of sp³-hybridized carbons (Fsp3) is 0.846. The molecule has 0 saturated heterocycles. The molecule has 0 aliphatic carbocycles. The number of ether oxygens (including phenoxy) is 1. The van der Waals surface area contributed by atoms with Gasteiger partial charge in [0.15, 0.2) is 0 Å². The average Bonchev–Trinajstić information content (AvgIpc) is 2.76. The second kappa shape index (κ2) is 5.80. The van der Waals surface area contributed by atoms with Crippen molar-refractivity contribution in [1.82, 2.24) is 10.1 Å². The summed E-state index contributed by atoms with van der Waals surface area (Å²) >= 11 is 0. The van der Waals surface area contributed by atoms with Crippen LogP contribution in [0, 0.1) is 5.92 Å². The molecule has 0 spiro atoms. The number of hydrogen-bond donors (Lipinski definition) is 1. The van der Waals surface area contributed by atoms with E-state index in [1.54, 1.807) is 7.11 Å². The van der Waals surface area contributed by atoms with Crippen molar-refractivity contribution in [2.45, 2.75) is 58.6 Å². The summed E-state index contributed by atoms with van der Waals surface area (Å²) in [5.41, 5.74) is 5.50. The third-order valence-corrected chi connectivity index (χ3v) is 3.61. The van der Waals surface area contributed by atoms with Gasteiger partial charge in [-0.25, -0.2) is 0 Å². The second-order valence-electron chi connectivity index (χ2n) is 5.37. The van der Waals surface area contributed by atoms with Crippen LogP contribution in [0.2, 0.25) is 0 Å². The molecular formula is C13H25N3O2. The first kappa shape index (κ1) is 15.1. The molecule has 0 aliphatic rings. The number of methoxy groups -OCH3 is 1. The van der Waals surface area contributed by atoms with Crippen LogP contribution in [0.3, 0.4) is 0 Å². The molecule has 3 unspecified atom stereocenters. The van der Waals surface area contributed by atoms with Crippen LogP contribution in [0.5, 0.6) is 0 Å². The molecule has 1 aromatic rings. The molecule has 5 heteroatoms. The number of nitrogens with two attached hydrogens (primary N) is 1. The van der Waals surface area contributed by atoms with Gasteiger partial charge >= 0.3 is 0 Å². The first-order valence-corrected chi connectivity index (χ1v) is 6.50. The van der Waals surface area contributed by atoms with Crippen LogP contribution in [-0.2, 0) is 10.3 Å². The van der Waals surface area contributed by atoms with Gasteiger partial charge in [-0.05, 0) is 26.2 Å². The van der Waals surface area contributed by atoms with Gasteiger partial charge in [-0.2, -0.15) is 4.98 Å². The number of rotatable bonds is 6. The summed E-state index contributed by atoms with van der Waals surface area (Å²) in [6.45, 7) is 10.2. The van der Waals surface area contributed by atoms with Gasteiger partial charge in [0.05, 0.1) is 5.92 Å². The molecule has 5 nitrogen and oxygen atoms in total. The minimum atomic E-state index is -0.499. The van der Waals surface area contributed by atoms with Crippen molar-refractivity contribution in [3.05, 3.63) is 11.7 Å². The van der Waals surface area contributed by atoms with Crippen LogP contribution in [0.1, 0.15) is 58.7 Å². The maximum Gasteiger partial charge on any atom is 0.231 e. The van der Waals surface area contributed by atoms with Gasteiger partial charge in [0, 0.05) is 13.2 Å². The highest BCUT2D eigenvalue weighted by atomic mass is 16.5. The van der Waals surface area contributed by atoms with Gasteiger partial charge < -0.3 is 15.0 Å². The molecule has 1 heterocycles. The van der Waals surface area contributed by atoms with Crippen LogP contribution < -0.4 is 5.73 Å². The van der Waals surface area contributed by atoms with E-state index in [1.165, 1.54) is 0 Å². The maximum absolute atomic E-state index is 5.99. The summed E-state index contributed by atoms with van der Waals surface area (Å²) in [5.74, 6) is 1.62. The van der Waals surface area contributed by atoms with Crippen LogP contribution in [0.15, 0.2) is 4.52 Å². The third-order valence-electron chi connectivity index (χ3n) is 3.61. The molecule has 104 valence electrons. The normalized spacial score (nSPS) is 18.7. The van der Waals surface area contributed by atoms with Gasteiger partial charge in [-0.3, -0.25) is 0 Å². The van der Waals surface area contributed by atoms with E-state index in [-0.39, 0.29) is 12.0 Å². The Balaban J connectivity index is 3.05. The predicted molar refractivity (Wildman–Crippen MR) is 70.2 cm³/mol. The van der Waals surface area contributed by atoms with E-state index in [0.29, 0.717) is 17.6 Å². The van der Waals surface area contributed by atoms with Gasteiger partial charge in [-0.1, -0.05) is 25.9 Å². The lowest BCUT2D eigenvalue weighted by Gasteiger charge is -2.22. The lowest BCUT2D eigenvalue weighted by atomic mass is 9.89. The summed E-state index contributed by atoms with van der Waals surface area (Å²) in [6, 6.07) is -0.0197. The van der Waals surface area contributed by atoms with Crippen LogP contribution >= 0.6 is 0 Å². The highest BCUT2D eigenvalue weighted by molar-refractivity contribution is 5.04. The van der Waals surface area contributed by atoms with E-state index in [2.05, 4.69) is 24.0 Å². The molecule has 0 radical (unpaired) electrons. The Hall–Kier alpha value is -0.940. The van der Waals surface area contributed by atoms with Crippen LogP contribution in [0.25, 0.3) is 0 Å². The molecular weight excluding hydrogens is 230 g/mol. The summed E-state index contributed by atoms with van der Waals surface area (Å²) in [5, 5.41) is 4.05. The Kier molecular flexibility index (Phi) is 4.87. The van der Waals surface area contributed by atoms with E-state index >= 15 is 0 Å². The van der Waals surface area contributed by atoms with Crippen molar-refractivity contribution in [2.24, 2.45) is 11.7 Å². The highest BCUT2D eigenvalue weighted by Crippen LogP contribution is 2.30. The Morgan fingerprint density at radius 1 is 1.39 bits per heavy atom. The van der Waals surface area contributed by atoms with Gasteiger partial charge in [0.1, 0.15) is 5.60 Å². The minimum absolute atomic E-state index is 0.0197. The van der Waals surface area contributed by atoms with Crippen LogP contribution in [0.4, 0.5) is 0 Å². The Morgan fingerprint density at radius 3 is 2.39 bits per heavy atom.